The highest BCUT2D eigenvalue weighted by Gasteiger charge is 2.35. The molecule has 1 heterocycles. The Labute approximate surface area is 215 Å². The largest absolute Gasteiger partial charge is 0.488 e. The standard InChI is InChI=1S/C28H19FN2O5S/c29-23-9-6-18(7-10-23)17-36-25-12-11-24(31(34)35)14-22(25)15-26-27(32)30(28(33)37-26)16-19-5-8-20-3-1-2-4-21(20)13-19/h1-15H,16-17H2/b26-15-. The Morgan fingerprint density at radius 3 is 2.41 bits per heavy atom. The number of rotatable bonds is 7. The predicted octanol–water partition coefficient (Wildman–Crippen LogP) is 6.70. The molecule has 4 aromatic rings. The van der Waals surface area contributed by atoms with Crippen molar-refractivity contribution < 1.29 is 23.6 Å². The van der Waals surface area contributed by atoms with Crippen molar-refractivity contribution in [1.82, 2.24) is 4.90 Å². The number of benzene rings is 4. The maximum atomic E-state index is 13.2. The van der Waals surface area contributed by atoms with Crippen LogP contribution in [0.3, 0.4) is 0 Å². The summed E-state index contributed by atoms with van der Waals surface area (Å²) in [7, 11) is 0. The summed E-state index contributed by atoms with van der Waals surface area (Å²) in [5, 5.41) is 13.0. The number of halogens is 1. The average molecular weight is 515 g/mol. The van der Waals surface area contributed by atoms with Crippen molar-refractivity contribution >= 4 is 45.4 Å². The number of ether oxygens (including phenoxy) is 1. The van der Waals surface area contributed by atoms with E-state index in [0.717, 1.165) is 33.0 Å². The summed E-state index contributed by atoms with van der Waals surface area (Å²) in [5.41, 5.74) is 1.60. The van der Waals surface area contributed by atoms with Crippen LogP contribution in [0, 0.1) is 15.9 Å². The van der Waals surface area contributed by atoms with E-state index in [9.17, 15) is 24.1 Å². The van der Waals surface area contributed by atoms with Crippen molar-refractivity contribution in [3.05, 3.63) is 122 Å². The van der Waals surface area contributed by atoms with Gasteiger partial charge in [-0.15, -0.1) is 0 Å². The van der Waals surface area contributed by atoms with Gasteiger partial charge in [0, 0.05) is 17.7 Å². The molecule has 1 saturated heterocycles. The molecule has 2 amide bonds. The van der Waals surface area contributed by atoms with E-state index in [1.165, 1.54) is 36.4 Å². The number of carbonyl (C=O) groups is 2. The molecule has 0 aliphatic carbocycles. The number of fused-ring (bicyclic) bond motifs is 1. The summed E-state index contributed by atoms with van der Waals surface area (Å²) in [6, 6.07) is 23.3. The SMILES string of the molecule is O=C1S/C(=C\c2cc([N+](=O)[O-])ccc2OCc2ccc(F)cc2)C(=O)N1Cc1ccc2ccccc2c1. The van der Waals surface area contributed by atoms with E-state index in [0.29, 0.717) is 5.56 Å². The van der Waals surface area contributed by atoms with Crippen LogP contribution in [0.1, 0.15) is 16.7 Å². The summed E-state index contributed by atoms with van der Waals surface area (Å²) in [6.45, 7) is 0.193. The van der Waals surface area contributed by atoms with E-state index in [4.69, 9.17) is 4.74 Å². The van der Waals surface area contributed by atoms with Gasteiger partial charge >= 0.3 is 0 Å². The molecular formula is C28H19FN2O5S. The van der Waals surface area contributed by atoms with Crippen LogP contribution in [0.5, 0.6) is 5.75 Å². The van der Waals surface area contributed by atoms with Crippen LogP contribution >= 0.6 is 11.8 Å². The molecule has 0 saturated carbocycles. The second kappa shape index (κ2) is 10.2. The first kappa shape index (κ1) is 24.2. The number of thioether (sulfide) groups is 1. The van der Waals surface area contributed by atoms with Gasteiger partial charge in [0.1, 0.15) is 18.2 Å². The summed E-state index contributed by atoms with van der Waals surface area (Å²) >= 11 is 0.770. The number of hydrogen-bond donors (Lipinski definition) is 0. The van der Waals surface area contributed by atoms with Crippen LogP contribution < -0.4 is 4.74 Å². The van der Waals surface area contributed by atoms with Gasteiger partial charge in [-0.05, 0) is 64.0 Å². The second-order valence-corrected chi connectivity index (χ2v) is 9.34. The first-order valence-electron chi connectivity index (χ1n) is 11.3. The van der Waals surface area contributed by atoms with Crippen LogP contribution in [-0.2, 0) is 17.9 Å². The Morgan fingerprint density at radius 2 is 1.65 bits per heavy atom. The number of carbonyl (C=O) groups excluding carboxylic acids is 2. The smallest absolute Gasteiger partial charge is 0.293 e. The molecule has 0 radical (unpaired) electrons. The number of non-ortho nitro benzene ring substituents is 1. The fraction of sp³-hybridized carbons (Fsp3) is 0.0714. The van der Waals surface area contributed by atoms with E-state index >= 15 is 0 Å². The molecule has 0 atom stereocenters. The molecule has 0 unspecified atom stereocenters. The van der Waals surface area contributed by atoms with Gasteiger partial charge in [-0.3, -0.25) is 24.6 Å². The van der Waals surface area contributed by atoms with E-state index in [2.05, 4.69) is 0 Å². The van der Waals surface area contributed by atoms with Crippen molar-refractivity contribution in [3.63, 3.8) is 0 Å². The van der Waals surface area contributed by atoms with Gasteiger partial charge in [-0.1, -0.05) is 48.5 Å². The molecule has 0 aromatic heterocycles. The highest BCUT2D eigenvalue weighted by atomic mass is 32.2. The highest BCUT2D eigenvalue weighted by molar-refractivity contribution is 8.18. The lowest BCUT2D eigenvalue weighted by Crippen LogP contribution is -2.27. The van der Waals surface area contributed by atoms with Crippen molar-refractivity contribution in [2.24, 2.45) is 0 Å². The molecule has 7 nitrogen and oxygen atoms in total. The summed E-state index contributed by atoms with van der Waals surface area (Å²) in [5.74, 6) is -0.574. The third-order valence-electron chi connectivity index (χ3n) is 5.83. The molecule has 9 heteroatoms. The zero-order valence-corrected chi connectivity index (χ0v) is 20.1. The topological polar surface area (TPSA) is 89.7 Å². The third kappa shape index (κ3) is 5.36. The van der Waals surface area contributed by atoms with Crippen LogP contribution in [0.2, 0.25) is 0 Å². The summed E-state index contributed by atoms with van der Waals surface area (Å²) < 4.78 is 19.0. The van der Waals surface area contributed by atoms with Crippen molar-refractivity contribution in [1.29, 1.82) is 0 Å². The molecule has 5 rings (SSSR count). The second-order valence-electron chi connectivity index (χ2n) is 8.34. The fourth-order valence-corrected chi connectivity index (χ4v) is 4.76. The number of imide groups is 1. The predicted molar refractivity (Wildman–Crippen MR) is 139 cm³/mol. The zero-order valence-electron chi connectivity index (χ0n) is 19.3. The minimum atomic E-state index is -0.549. The lowest BCUT2D eigenvalue weighted by atomic mass is 10.1. The van der Waals surface area contributed by atoms with Gasteiger partial charge < -0.3 is 4.74 Å². The maximum Gasteiger partial charge on any atom is 0.293 e. The Bertz CT molecular complexity index is 1570. The number of nitro benzene ring substituents is 1. The van der Waals surface area contributed by atoms with Crippen LogP contribution in [0.25, 0.3) is 16.8 Å². The first-order chi connectivity index (χ1) is 17.9. The van der Waals surface area contributed by atoms with E-state index < -0.39 is 16.1 Å². The van der Waals surface area contributed by atoms with Crippen LogP contribution in [0.4, 0.5) is 14.9 Å². The van der Waals surface area contributed by atoms with E-state index in [-0.39, 0.29) is 40.9 Å². The Kier molecular flexibility index (Phi) is 6.70. The normalized spacial score (nSPS) is 14.5. The lowest BCUT2D eigenvalue weighted by Gasteiger charge is -2.13. The Morgan fingerprint density at radius 1 is 0.919 bits per heavy atom. The number of amides is 2. The molecule has 37 heavy (non-hydrogen) atoms. The zero-order chi connectivity index (χ0) is 25.9. The minimum Gasteiger partial charge on any atom is -0.488 e. The Hall–Kier alpha value is -4.50. The molecule has 0 N–H and O–H groups in total. The van der Waals surface area contributed by atoms with Gasteiger partial charge in [-0.25, -0.2) is 4.39 Å². The quantitative estimate of drug-likeness (QED) is 0.155. The number of hydrogen-bond acceptors (Lipinski definition) is 6. The Balaban J connectivity index is 1.40. The van der Waals surface area contributed by atoms with Gasteiger partial charge in [0.25, 0.3) is 16.8 Å². The van der Waals surface area contributed by atoms with Gasteiger partial charge in [-0.2, -0.15) is 0 Å². The molecule has 4 aromatic carbocycles. The van der Waals surface area contributed by atoms with Crippen LogP contribution in [-0.4, -0.2) is 21.0 Å². The number of nitrogens with zero attached hydrogens (tertiary/aromatic N) is 2. The van der Waals surface area contributed by atoms with Crippen molar-refractivity contribution in [3.8, 4) is 5.75 Å². The third-order valence-corrected chi connectivity index (χ3v) is 6.73. The molecule has 1 aliphatic rings. The summed E-state index contributed by atoms with van der Waals surface area (Å²) in [6.07, 6.45) is 1.43. The molecule has 1 aliphatic heterocycles. The molecule has 184 valence electrons. The van der Waals surface area contributed by atoms with Crippen molar-refractivity contribution in [2.45, 2.75) is 13.2 Å². The fourth-order valence-electron chi connectivity index (χ4n) is 3.93. The summed E-state index contributed by atoms with van der Waals surface area (Å²) in [4.78, 5) is 37.9. The van der Waals surface area contributed by atoms with Gasteiger partial charge in [0.2, 0.25) is 0 Å². The molecular weight excluding hydrogens is 495 g/mol. The molecule has 0 spiro atoms. The van der Waals surface area contributed by atoms with Crippen LogP contribution in [0.15, 0.2) is 89.8 Å². The minimum absolute atomic E-state index is 0.0857. The van der Waals surface area contributed by atoms with Gasteiger partial charge in [0.15, 0.2) is 0 Å². The average Bonchev–Trinajstić information content (AvgIpc) is 3.16. The van der Waals surface area contributed by atoms with E-state index in [1.54, 1.807) is 12.1 Å². The number of nitro groups is 1. The first-order valence-corrected chi connectivity index (χ1v) is 12.1. The molecule has 1 fully saturated rings. The maximum absolute atomic E-state index is 13.2. The molecule has 0 bridgehead atoms. The lowest BCUT2D eigenvalue weighted by molar-refractivity contribution is -0.384. The highest BCUT2D eigenvalue weighted by Crippen LogP contribution is 2.36. The van der Waals surface area contributed by atoms with E-state index in [1.807, 2.05) is 42.5 Å². The van der Waals surface area contributed by atoms with Gasteiger partial charge in [0.05, 0.1) is 16.4 Å². The monoisotopic (exact) mass is 514 g/mol. The van der Waals surface area contributed by atoms with Crippen molar-refractivity contribution in [2.75, 3.05) is 0 Å².